The van der Waals surface area contributed by atoms with E-state index in [4.69, 9.17) is 9.26 Å². The molecule has 1 fully saturated rings. The van der Waals surface area contributed by atoms with Crippen LogP contribution in [-0.2, 0) is 4.74 Å². The molecule has 1 saturated carbocycles. The summed E-state index contributed by atoms with van der Waals surface area (Å²) in [6.07, 6.45) is 2.09. The van der Waals surface area contributed by atoms with Crippen LogP contribution in [-0.4, -0.2) is 28.5 Å². The molecule has 0 saturated heterocycles. The molecule has 26 heavy (non-hydrogen) atoms. The summed E-state index contributed by atoms with van der Waals surface area (Å²) in [6.45, 7) is 1.42. The summed E-state index contributed by atoms with van der Waals surface area (Å²) >= 11 is 3.32. The Hall–Kier alpha value is -2.54. The molecule has 3 aromatic rings. The molecule has 7 heteroatoms. The fourth-order valence-electron chi connectivity index (χ4n) is 2.79. The second-order valence-corrected chi connectivity index (χ2v) is 7.24. The Morgan fingerprint density at radius 3 is 2.69 bits per heavy atom. The topological polar surface area (TPSA) is 82.3 Å². The monoisotopic (exact) mass is 414 g/mol. The third-order valence-electron chi connectivity index (χ3n) is 4.35. The minimum absolute atomic E-state index is 0.263. The molecule has 0 N–H and O–H groups in total. The first-order valence-electron chi connectivity index (χ1n) is 8.25. The van der Waals surface area contributed by atoms with Gasteiger partial charge in [0.15, 0.2) is 12.4 Å². The number of nitrogens with zero attached hydrogens (tertiary/aromatic N) is 2. The van der Waals surface area contributed by atoms with Crippen molar-refractivity contribution >= 4 is 38.8 Å². The van der Waals surface area contributed by atoms with Gasteiger partial charge in [0.1, 0.15) is 0 Å². The van der Waals surface area contributed by atoms with Gasteiger partial charge < -0.3 is 9.26 Å². The van der Waals surface area contributed by atoms with Crippen LogP contribution in [0.3, 0.4) is 0 Å². The first-order valence-corrected chi connectivity index (χ1v) is 9.05. The minimum Gasteiger partial charge on any atom is -0.454 e. The SMILES string of the molecule is Cc1noc2nc(C3CC3)cc(C(=O)OCC(=O)c3ccc(Br)cc3)c12. The van der Waals surface area contributed by atoms with E-state index in [-0.39, 0.29) is 12.4 Å². The number of hydrogen-bond donors (Lipinski definition) is 0. The summed E-state index contributed by atoms with van der Waals surface area (Å²) in [7, 11) is 0. The van der Waals surface area contributed by atoms with Crippen molar-refractivity contribution in [3.63, 3.8) is 0 Å². The molecule has 0 bridgehead atoms. The predicted molar refractivity (Wildman–Crippen MR) is 97.3 cm³/mol. The van der Waals surface area contributed by atoms with E-state index in [0.29, 0.717) is 33.8 Å². The van der Waals surface area contributed by atoms with Crippen molar-refractivity contribution in [1.29, 1.82) is 0 Å². The fourth-order valence-corrected chi connectivity index (χ4v) is 3.06. The number of hydrogen-bond acceptors (Lipinski definition) is 6. The summed E-state index contributed by atoms with van der Waals surface area (Å²) < 4.78 is 11.4. The van der Waals surface area contributed by atoms with Crippen LogP contribution in [0.4, 0.5) is 0 Å². The number of aromatic nitrogens is 2. The van der Waals surface area contributed by atoms with E-state index in [1.807, 2.05) is 0 Å². The number of fused-ring (bicyclic) bond motifs is 1. The second kappa shape index (κ2) is 6.64. The Labute approximate surface area is 157 Å². The van der Waals surface area contributed by atoms with E-state index in [2.05, 4.69) is 26.1 Å². The minimum atomic E-state index is -0.573. The van der Waals surface area contributed by atoms with Gasteiger partial charge in [-0.3, -0.25) is 4.79 Å². The van der Waals surface area contributed by atoms with Gasteiger partial charge in [-0.2, -0.15) is 0 Å². The Morgan fingerprint density at radius 1 is 1.27 bits per heavy atom. The van der Waals surface area contributed by atoms with E-state index in [1.165, 1.54) is 0 Å². The Morgan fingerprint density at radius 2 is 2.00 bits per heavy atom. The zero-order chi connectivity index (χ0) is 18.3. The highest BCUT2D eigenvalue weighted by molar-refractivity contribution is 9.10. The van der Waals surface area contributed by atoms with Crippen molar-refractivity contribution in [3.8, 4) is 0 Å². The van der Waals surface area contributed by atoms with Crippen LogP contribution in [0.5, 0.6) is 0 Å². The standard InChI is InChI=1S/C19H15BrN2O4/c1-10-17-14(8-15(11-2-3-11)21-18(17)26-22-10)19(24)25-9-16(23)12-4-6-13(20)7-5-12/h4-8,11H,2-3,9H2,1H3. The number of ether oxygens (including phenoxy) is 1. The molecule has 1 aliphatic rings. The zero-order valence-corrected chi connectivity index (χ0v) is 15.6. The average Bonchev–Trinajstić information content (AvgIpc) is 3.43. The van der Waals surface area contributed by atoms with Crippen molar-refractivity contribution in [2.24, 2.45) is 0 Å². The number of halogens is 1. The molecule has 0 aliphatic heterocycles. The Balaban J connectivity index is 1.56. The maximum absolute atomic E-state index is 12.6. The molecule has 6 nitrogen and oxygen atoms in total. The molecule has 1 aliphatic carbocycles. The molecule has 2 aromatic heterocycles. The molecule has 0 atom stereocenters. The van der Waals surface area contributed by atoms with Gasteiger partial charge in [0.2, 0.25) is 0 Å². The van der Waals surface area contributed by atoms with Crippen molar-refractivity contribution in [2.45, 2.75) is 25.7 Å². The van der Waals surface area contributed by atoms with Crippen molar-refractivity contribution in [2.75, 3.05) is 6.61 Å². The van der Waals surface area contributed by atoms with Crippen LogP contribution in [0.15, 0.2) is 39.3 Å². The highest BCUT2D eigenvalue weighted by Gasteiger charge is 2.29. The first kappa shape index (κ1) is 16.9. The molecule has 0 radical (unpaired) electrons. The van der Waals surface area contributed by atoms with Crippen molar-refractivity contribution in [1.82, 2.24) is 10.1 Å². The first-order chi connectivity index (χ1) is 12.5. The van der Waals surface area contributed by atoms with Crippen LogP contribution >= 0.6 is 15.9 Å². The molecule has 132 valence electrons. The Bertz CT molecular complexity index is 1010. The largest absolute Gasteiger partial charge is 0.454 e. The van der Waals surface area contributed by atoms with Gasteiger partial charge in [0.05, 0.1) is 16.6 Å². The number of esters is 1. The summed E-state index contributed by atoms with van der Waals surface area (Å²) in [5, 5.41) is 4.43. The van der Waals surface area contributed by atoms with Gasteiger partial charge in [0, 0.05) is 21.6 Å². The summed E-state index contributed by atoms with van der Waals surface area (Å²) in [5.74, 6) is -0.488. The lowest BCUT2D eigenvalue weighted by Gasteiger charge is -2.07. The number of rotatable bonds is 5. The highest BCUT2D eigenvalue weighted by Crippen LogP contribution is 2.40. The molecule has 0 amide bonds. The highest BCUT2D eigenvalue weighted by atomic mass is 79.9. The second-order valence-electron chi connectivity index (χ2n) is 6.32. The van der Waals surface area contributed by atoms with Crippen LogP contribution in [0.2, 0.25) is 0 Å². The lowest BCUT2D eigenvalue weighted by molar-refractivity contribution is 0.0476. The van der Waals surface area contributed by atoms with Crippen LogP contribution < -0.4 is 0 Å². The summed E-state index contributed by atoms with van der Waals surface area (Å²) in [6, 6.07) is 8.63. The number of ketones is 1. The van der Waals surface area contributed by atoms with Gasteiger partial charge >= 0.3 is 5.97 Å². The van der Waals surface area contributed by atoms with Crippen molar-refractivity contribution < 1.29 is 18.8 Å². The van der Waals surface area contributed by atoms with Gasteiger partial charge in [-0.1, -0.05) is 33.2 Å². The summed E-state index contributed by atoms with van der Waals surface area (Å²) in [4.78, 5) is 29.3. The van der Waals surface area contributed by atoms with Crippen LogP contribution in [0.1, 0.15) is 50.9 Å². The molecule has 2 heterocycles. The van der Waals surface area contributed by atoms with E-state index < -0.39 is 5.97 Å². The third kappa shape index (κ3) is 3.26. The van der Waals surface area contributed by atoms with Gasteiger partial charge in [0.25, 0.3) is 5.71 Å². The number of pyridine rings is 1. The van der Waals surface area contributed by atoms with Gasteiger partial charge in [-0.05, 0) is 38.0 Å². The normalized spacial score (nSPS) is 13.8. The van der Waals surface area contributed by atoms with Crippen LogP contribution in [0.25, 0.3) is 11.1 Å². The number of carbonyl (C=O) groups excluding carboxylic acids is 2. The fraction of sp³-hybridized carbons (Fsp3) is 0.263. The number of carbonyl (C=O) groups is 2. The smallest absolute Gasteiger partial charge is 0.339 e. The average molecular weight is 415 g/mol. The van der Waals surface area contributed by atoms with E-state index in [1.54, 1.807) is 37.3 Å². The molecular weight excluding hydrogens is 400 g/mol. The van der Waals surface area contributed by atoms with Crippen LogP contribution in [0, 0.1) is 6.92 Å². The van der Waals surface area contributed by atoms with Crippen molar-refractivity contribution in [3.05, 3.63) is 57.3 Å². The Kier molecular flexibility index (Phi) is 4.32. The molecule has 0 unspecified atom stereocenters. The number of Topliss-reactive ketones (excluding diaryl/α,β-unsaturated/α-hetero) is 1. The zero-order valence-electron chi connectivity index (χ0n) is 14.0. The number of aryl methyl sites for hydroxylation is 1. The maximum atomic E-state index is 12.6. The van der Waals surface area contributed by atoms with Gasteiger partial charge in [-0.25, -0.2) is 9.78 Å². The molecule has 0 spiro atoms. The number of benzene rings is 1. The summed E-state index contributed by atoms with van der Waals surface area (Å²) in [5.41, 5.74) is 2.54. The molecule has 1 aromatic carbocycles. The lowest BCUT2D eigenvalue weighted by atomic mass is 10.1. The van der Waals surface area contributed by atoms with E-state index in [0.717, 1.165) is 23.0 Å². The third-order valence-corrected chi connectivity index (χ3v) is 4.88. The molecular formula is C19H15BrN2O4. The lowest BCUT2D eigenvalue weighted by Crippen LogP contribution is -2.15. The molecule has 4 rings (SSSR count). The predicted octanol–water partition coefficient (Wildman–Crippen LogP) is 4.21. The van der Waals surface area contributed by atoms with E-state index in [9.17, 15) is 9.59 Å². The van der Waals surface area contributed by atoms with E-state index >= 15 is 0 Å². The quantitative estimate of drug-likeness (QED) is 0.459. The maximum Gasteiger partial charge on any atom is 0.339 e. The van der Waals surface area contributed by atoms with Gasteiger partial charge in [-0.15, -0.1) is 0 Å².